The lowest BCUT2D eigenvalue weighted by Gasteiger charge is -2.02. The fourth-order valence-corrected chi connectivity index (χ4v) is 2.39. The molecule has 3 rings (SSSR count). The SMILES string of the molecule is O=C(Cn1nnc(-c2ccsc2)n1)NCCc1ncc[nH]1. The number of hydrogen-bond donors (Lipinski definition) is 2. The number of amides is 1. The van der Waals surface area contributed by atoms with Crippen molar-refractivity contribution in [3.8, 4) is 11.4 Å². The molecule has 8 nitrogen and oxygen atoms in total. The van der Waals surface area contributed by atoms with Gasteiger partial charge in [0.2, 0.25) is 11.7 Å². The highest BCUT2D eigenvalue weighted by atomic mass is 32.1. The highest BCUT2D eigenvalue weighted by Gasteiger charge is 2.09. The van der Waals surface area contributed by atoms with Crippen molar-refractivity contribution < 1.29 is 4.79 Å². The van der Waals surface area contributed by atoms with Crippen LogP contribution in [0.25, 0.3) is 11.4 Å². The molecule has 2 N–H and O–H groups in total. The Morgan fingerprint density at radius 2 is 2.43 bits per heavy atom. The van der Waals surface area contributed by atoms with Crippen LogP contribution in [0.4, 0.5) is 0 Å². The Kier molecular flexibility index (Phi) is 4.01. The number of carbonyl (C=O) groups is 1. The quantitative estimate of drug-likeness (QED) is 0.690. The summed E-state index contributed by atoms with van der Waals surface area (Å²) in [6.07, 6.45) is 4.09. The van der Waals surface area contributed by atoms with Crippen LogP contribution < -0.4 is 5.32 Å². The minimum atomic E-state index is -0.157. The van der Waals surface area contributed by atoms with Crippen molar-refractivity contribution >= 4 is 17.2 Å². The number of tetrazole rings is 1. The van der Waals surface area contributed by atoms with Crippen LogP contribution in [0, 0.1) is 0 Å². The fraction of sp³-hybridized carbons (Fsp3) is 0.250. The number of aromatic amines is 1. The molecule has 3 aromatic rings. The Labute approximate surface area is 124 Å². The molecule has 0 spiro atoms. The highest BCUT2D eigenvalue weighted by molar-refractivity contribution is 7.08. The number of rotatable bonds is 6. The third-order valence-corrected chi connectivity index (χ3v) is 3.44. The van der Waals surface area contributed by atoms with Crippen LogP contribution in [-0.4, -0.2) is 42.6 Å². The molecule has 21 heavy (non-hydrogen) atoms. The van der Waals surface area contributed by atoms with Crippen LogP contribution in [0.15, 0.2) is 29.2 Å². The van der Waals surface area contributed by atoms with Crippen LogP contribution in [0.5, 0.6) is 0 Å². The van der Waals surface area contributed by atoms with Gasteiger partial charge in [0.05, 0.1) is 0 Å². The first kappa shape index (κ1) is 13.4. The molecule has 0 saturated heterocycles. The van der Waals surface area contributed by atoms with E-state index in [4.69, 9.17) is 0 Å². The predicted octanol–water partition coefficient (Wildman–Crippen LogP) is 0.484. The van der Waals surface area contributed by atoms with Gasteiger partial charge in [0, 0.05) is 36.3 Å². The summed E-state index contributed by atoms with van der Waals surface area (Å²) in [5.41, 5.74) is 0.907. The Bertz CT molecular complexity index is 689. The zero-order chi connectivity index (χ0) is 14.5. The first-order chi connectivity index (χ1) is 10.3. The molecular weight excluding hydrogens is 290 g/mol. The molecule has 0 aromatic carbocycles. The zero-order valence-corrected chi connectivity index (χ0v) is 11.9. The van der Waals surface area contributed by atoms with Gasteiger partial charge in [-0.1, -0.05) is 0 Å². The lowest BCUT2D eigenvalue weighted by Crippen LogP contribution is -2.30. The van der Waals surface area contributed by atoms with Crippen molar-refractivity contribution in [2.75, 3.05) is 6.54 Å². The Morgan fingerprint density at radius 1 is 1.48 bits per heavy atom. The van der Waals surface area contributed by atoms with Gasteiger partial charge in [0.1, 0.15) is 12.4 Å². The van der Waals surface area contributed by atoms with Crippen molar-refractivity contribution in [1.29, 1.82) is 0 Å². The number of hydrogen-bond acceptors (Lipinski definition) is 6. The number of nitrogens with one attached hydrogen (secondary N) is 2. The number of carbonyl (C=O) groups excluding carboxylic acids is 1. The van der Waals surface area contributed by atoms with Crippen LogP contribution >= 0.6 is 11.3 Å². The average molecular weight is 303 g/mol. The maximum Gasteiger partial charge on any atom is 0.243 e. The molecule has 0 saturated carbocycles. The largest absolute Gasteiger partial charge is 0.354 e. The van der Waals surface area contributed by atoms with Gasteiger partial charge in [0.25, 0.3) is 0 Å². The highest BCUT2D eigenvalue weighted by Crippen LogP contribution is 2.16. The molecular formula is C12H13N7OS. The van der Waals surface area contributed by atoms with Gasteiger partial charge in [0.15, 0.2) is 0 Å². The standard InChI is InChI=1S/C12H13N7OS/c20-11(15-3-1-10-13-4-5-14-10)7-19-17-12(16-18-19)9-2-6-21-8-9/h2,4-6,8H,1,3,7H2,(H,13,14)(H,15,20). The lowest BCUT2D eigenvalue weighted by atomic mass is 10.3. The smallest absolute Gasteiger partial charge is 0.243 e. The minimum Gasteiger partial charge on any atom is -0.354 e. The summed E-state index contributed by atoms with van der Waals surface area (Å²) in [5, 5.41) is 18.6. The molecule has 0 aliphatic carbocycles. The summed E-state index contributed by atoms with van der Waals surface area (Å²) in [5.74, 6) is 1.21. The van der Waals surface area contributed by atoms with Crippen molar-refractivity contribution in [2.45, 2.75) is 13.0 Å². The summed E-state index contributed by atoms with van der Waals surface area (Å²) in [6.45, 7) is 0.563. The summed E-state index contributed by atoms with van der Waals surface area (Å²) in [4.78, 5) is 20.1. The van der Waals surface area contributed by atoms with Gasteiger partial charge in [-0.3, -0.25) is 4.79 Å². The number of thiophene rings is 1. The zero-order valence-electron chi connectivity index (χ0n) is 11.1. The second kappa shape index (κ2) is 6.27. The van der Waals surface area contributed by atoms with Crippen LogP contribution in [0.2, 0.25) is 0 Å². The molecule has 0 aliphatic rings. The maximum absolute atomic E-state index is 11.8. The van der Waals surface area contributed by atoms with E-state index in [0.29, 0.717) is 18.8 Å². The number of aromatic nitrogens is 6. The molecule has 0 fully saturated rings. The molecule has 0 radical (unpaired) electrons. The Hall–Kier alpha value is -2.55. The van der Waals surface area contributed by atoms with Crippen LogP contribution in [-0.2, 0) is 17.8 Å². The van der Waals surface area contributed by atoms with Crippen molar-refractivity contribution in [3.05, 3.63) is 35.0 Å². The third kappa shape index (κ3) is 3.51. The third-order valence-electron chi connectivity index (χ3n) is 2.76. The van der Waals surface area contributed by atoms with Gasteiger partial charge in [-0.2, -0.15) is 16.1 Å². The van der Waals surface area contributed by atoms with Crippen molar-refractivity contribution in [3.63, 3.8) is 0 Å². The van der Waals surface area contributed by atoms with Gasteiger partial charge in [-0.15, -0.1) is 10.2 Å². The molecule has 0 bridgehead atoms. The minimum absolute atomic E-state index is 0.0509. The van der Waals surface area contributed by atoms with Crippen molar-refractivity contribution in [2.24, 2.45) is 0 Å². The second-order valence-corrected chi connectivity index (χ2v) is 5.07. The monoisotopic (exact) mass is 303 g/mol. The number of nitrogens with zero attached hydrogens (tertiary/aromatic N) is 5. The first-order valence-corrected chi connectivity index (χ1v) is 7.31. The summed E-state index contributed by atoms with van der Waals surface area (Å²) < 4.78 is 0. The molecule has 3 aromatic heterocycles. The van der Waals surface area contributed by atoms with E-state index in [-0.39, 0.29) is 12.5 Å². The second-order valence-electron chi connectivity index (χ2n) is 4.29. The normalized spacial score (nSPS) is 10.7. The van der Waals surface area contributed by atoms with E-state index in [0.717, 1.165) is 11.4 Å². The maximum atomic E-state index is 11.8. The van der Waals surface area contributed by atoms with Crippen LogP contribution in [0.1, 0.15) is 5.82 Å². The first-order valence-electron chi connectivity index (χ1n) is 6.36. The predicted molar refractivity (Wildman–Crippen MR) is 76.4 cm³/mol. The molecule has 108 valence electrons. The molecule has 9 heteroatoms. The molecule has 3 heterocycles. The van der Waals surface area contributed by atoms with Crippen LogP contribution in [0.3, 0.4) is 0 Å². The Balaban J connectivity index is 1.48. The van der Waals surface area contributed by atoms with E-state index in [1.807, 2.05) is 16.8 Å². The fourth-order valence-electron chi connectivity index (χ4n) is 1.76. The van der Waals surface area contributed by atoms with E-state index in [1.165, 1.54) is 4.80 Å². The van der Waals surface area contributed by atoms with Crippen molar-refractivity contribution in [1.82, 2.24) is 35.5 Å². The van der Waals surface area contributed by atoms with E-state index in [9.17, 15) is 4.79 Å². The number of imidazole rings is 1. The van der Waals surface area contributed by atoms with E-state index in [2.05, 4.69) is 30.7 Å². The van der Waals surface area contributed by atoms with E-state index in [1.54, 1.807) is 23.7 Å². The average Bonchev–Trinajstić information content (AvgIpc) is 3.21. The van der Waals surface area contributed by atoms with Gasteiger partial charge in [-0.05, 0) is 16.7 Å². The van der Waals surface area contributed by atoms with E-state index >= 15 is 0 Å². The number of H-pyrrole nitrogens is 1. The molecule has 0 atom stereocenters. The molecule has 0 aliphatic heterocycles. The lowest BCUT2D eigenvalue weighted by molar-refractivity contribution is -0.122. The van der Waals surface area contributed by atoms with E-state index < -0.39 is 0 Å². The van der Waals surface area contributed by atoms with Gasteiger partial charge in [-0.25, -0.2) is 4.98 Å². The molecule has 0 unspecified atom stereocenters. The topological polar surface area (TPSA) is 101 Å². The summed E-state index contributed by atoms with van der Waals surface area (Å²) in [7, 11) is 0. The summed E-state index contributed by atoms with van der Waals surface area (Å²) >= 11 is 1.56. The van der Waals surface area contributed by atoms with Gasteiger partial charge < -0.3 is 10.3 Å². The van der Waals surface area contributed by atoms with Gasteiger partial charge >= 0.3 is 0 Å². The molecule has 1 amide bonds. The Morgan fingerprint density at radius 3 is 3.19 bits per heavy atom. The summed E-state index contributed by atoms with van der Waals surface area (Å²) in [6, 6.07) is 1.91.